The van der Waals surface area contributed by atoms with Crippen LogP contribution in [-0.4, -0.2) is 35.8 Å². The number of ether oxygens (including phenoxy) is 1. The molecule has 0 atom stereocenters. The lowest BCUT2D eigenvalue weighted by atomic mass is 10.2. The van der Waals surface area contributed by atoms with E-state index in [1.54, 1.807) is 12.3 Å². The third kappa shape index (κ3) is 3.93. The van der Waals surface area contributed by atoms with Crippen LogP contribution in [0.2, 0.25) is 0 Å². The average Bonchev–Trinajstić information content (AvgIpc) is 2.45. The molecule has 1 aromatic heterocycles. The molecule has 1 amide bonds. The molecule has 5 nitrogen and oxygen atoms in total. The molecule has 0 aliphatic rings. The Labute approximate surface area is 111 Å². The first kappa shape index (κ1) is 13.3. The van der Waals surface area contributed by atoms with Gasteiger partial charge in [0.1, 0.15) is 5.75 Å². The van der Waals surface area contributed by atoms with Crippen LogP contribution in [0, 0.1) is 0 Å². The summed E-state index contributed by atoms with van der Waals surface area (Å²) in [5, 5.41) is 12.2. The molecule has 0 saturated carbocycles. The Bertz CT molecular complexity index is 557. The van der Waals surface area contributed by atoms with Crippen LogP contribution >= 0.6 is 0 Å². The molecule has 0 radical (unpaired) electrons. The molecule has 2 N–H and O–H groups in total. The minimum atomic E-state index is -0.195. The summed E-state index contributed by atoms with van der Waals surface area (Å²) in [6, 6.07) is 9.29. The topological polar surface area (TPSA) is 71.5 Å². The molecule has 0 unspecified atom stereocenters. The Morgan fingerprint density at radius 2 is 2.26 bits per heavy atom. The number of nitrogens with one attached hydrogen (secondary N) is 1. The van der Waals surface area contributed by atoms with Crippen LogP contribution in [-0.2, 0) is 4.79 Å². The molecule has 0 spiro atoms. The predicted octanol–water partition coefficient (Wildman–Crippen LogP) is 1.11. The Balaban J connectivity index is 1.89. The number of benzene rings is 1. The van der Waals surface area contributed by atoms with E-state index in [1.165, 1.54) is 0 Å². The van der Waals surface area contributed by atoms with E-state index >= 15 is 0 Å². The van der Waals surface area contributed by atoms with Gasteiger partial charge in [0, 0.05) is 24.7 Å². The smallest absolute Gasteiger partial charge is 0.257 e. The van der Waals surface area contributed by atoms with E-state index in [1.807, 2.05) is 24.3 Å². The van der Waals surface area contributed by atoms with Gasteiger partial charge in [-0.05, 0) is 30.7 Å². The van der Waals surface area contributed by atoms with Gasteiger partial charge in [0.05, 0.1) is 5.52 Å². The van der Waals surface area contributed by atoms with Gasteiger partial charge in [0.2, 0.25) is 0 Å². The van der Waals surface area contributed by atoms with Gasteiger partial charge in [-0.15, -0.1) is 0 Å². The van der Waals surface area contributed by atoms with Crippen molar-refractivity contribution in [3.63, 3.8) is 0 Å². The number of aromatic nitrogens is 1. The van der Waals surface area contributed by atoms with E-state index in [-0.39, 0.29) is 19.1 Å². The number of hydrogen-bond acceptors (Lipinski definition) is 4. The first-order valence-corrected chi connectivity index (χ1v) is 6.15. The summed E-state index contributed by atoms with van der Waals surface area (Å²) in [5.41, 5.74) is 0.891. The molecule has 2 rings (SSSR count). The lowest BCUT2D eigenvalue weighted by Crippen LogP contribution is -2.30. The van der Waals surface area contributed by atoms with E-state index < -0.39 is 0 Å². The molecule has 0 aliphatic carbocycles. The molecule has 1 aromatic carbocycles. The van der Waals surface area contributed by atoms with Crippen LogP contribution in [0.3, 0.4) is 0 Å². The van der Waals surface area contributed by atoms with E-state index in [4.69, 9.17) is 9.84 Å². The van der Waals surface area contributed by atoms with E-state index in [2.05, 4.69) is 10.3 Å². The fourth-order valence-electron chi connectivity index (χ4n) is 1.65. The molecule has 0 aliphatic heterocycles. The average molecular weight is 260 g/mol. The van der Waals surface area contributed by atoms with Crippen LogP contribution < -0.4 is 10.1 Å². The Morgan fingerprint density at radius 1 is 1.37 bits per heavy atom. The SMILES string of the molecule is O=C(COc1ccc2ncccc2c1)NCCCO. The number of fused-ring (bicyclic) bond motifs is 1. The Hall–Kier alpha value is -2.14. The number of aliphatic hydroxyl groups excluding tert-OH is 1. The van der Waals surface area contributed by atoms with Crippen molar-refractivity contribution in [3.8, 4) is 5.75 Å². The van der Waals surface area contributed by atoms with Crippen LogP contribution in [0.1, 0.15) is 6.42 Å². The van der Waals surface area contributed by atoms with Gasteiger partial charge in [-0.25, -0.2) is 0 Å². The molecule has 2 aromatic rings. The highest BCUT2D eigenvalue weighted by molar-refractivity contribution is 5.80. The van der Waals surface area contributed by atoms with Crippen molar-refractivity contribution in [3.05, 3.63) is 36.5 Å². The maximum Gasteiger partial charge on any atom is 0.257 e. The second-order valence-electron chi connectivity index (χ2n) is 4.07. The van der Waals surface area contributed by atoms with Crippen molar-refractivity contribution in [2.24, 2.45) is 0 Å². The minimum absolute atomic E-state index is 0.0306. The maximum absolute atomic E-state index is 11.4. The van der Waals surface area contributed by atoms with Gasteiger partial charge in [-0.2, -0.15) is 0 Å². The van der Waals surface area contributed by atoms with Crippen molar-refractivity contribution < 1.29 is 14.6 Å². The molecule has 0 saturated heterocycles. The van der Waals surface area contributed by atoms with Crippen LogP contribution in [0.5, 0.6) is 5.75 Å². The Morgan fingerprint density at radius 3 is 3.11 bits per heavy atom. The standard InChI is InChI=1S/C14H16N2O3/c17-8-2-7-16-14(18)10-19-12-4-5-13-11(9-12)3-1-6-15-13/h1,3-6,9,17H,2,7-8,10H2,(H,16,18). The van der Waals surface area contributed by atoms with Crippen molar-refractivity contribution in [1.82, 2.24) is 10.3 Å². The molecule has 0 bridgehead atoms. The second-order valence-corrected chi connectivity index (χ2v) is 4.07. The number of aliphatic hydroxyl groups is 1. The fraction of sp³-hybridized carbons (Fsp3) is 0.286. The Kier molecular flexibility index (Phi) is 4.69. The third-order valence-corrected chi connectivity index (χ3v) is 2.60. The number of rotatable bonds is 6. The summed E-state index contributed by atoms with van der Waals surface area (Å²) in [5.74, 6) is 0.442. The lowest BCUT2D eigenvalue weighted by molar-refractivity contribution is -0.123. The number of nitrogens with zero attached hydrogens (tertiary/aromatic N) is 1. The molecule has 0 fully saturated rings. The van der Waals surface area contributed by atoms with Crippen molar-refractivity contribution in [2.75, 3.05) is 19.8 Å². The van der Waals surface area contributed by atoms with Gasteiger partial charge in [0.25, 0.3) is 5.91 Å². The normalized spacial score (nSPS) is 10.4. The summed E-state index contributed by atoms with van der Waals surface area (Å²) in [4.78, 5) is 15.6. The highest BCUT2D eigenvalue weighted by atomic mass is 16.5. The van der Waals surface area contributed by atoms with Crippen molar-refractivity contribution >= 4 is 16.8 Å². The third-order valence-electron chi connectivity index (χ3n) is 2.60. The summed E-state index contributed by atoms with van der Waals surface area (Å²) in [6.07, 6.45) is 2.28. The number of amides is 1. The molecular weight excluding hydrogens is 244 g/mol. The summed E-state index contributed by atoms with van der Waals surface area (Å²) < 4.78 is 5.40. The maximum atomic E-state index is 11.4. The zero-order valence-corrected chi connectivity index (χ0v) is 10.5. The highest BCUT2D eigenvalue weighted by Crippen LogP contribution is 2.18. The summed E-state index contributed by atoms with van der Waals surface area (Å²) >= 11 is 0. The van der Waals surface area contributed by atoms with Gasteiger partial charge in [-0.1, -0.05) is 6.07 Å². The molecule has 100 valence electrons. The van der Waals surface area contributed by atoms with Crippen LogP contribution in [0.25, 0.3) is 10.9 Å². The van der Waals surface area contributed by atoms with Gasteiger partial charge < -0.3 is 15.2 Å². The van der Waals surface area contributed by atoms with E-state index in [0.717, 1.165) is 10.9 Å². The lowest BCUT2D eigenvalue weighted by Gasteiger charge is -2.07. The van der Waals surface area contributed by atoms with Crippen molar-refractivity contribution in [1.29, 1.82) is 0 Å². The minimum Gasteiger partial charge on any atom is -0.484 e. The molecular formula is C14H16N2O3. The first-order valence-electron chi connectivity index (χ1n) is 6.15. The largest absolute Gasteiger partial charge is 0.484 e. The monoisotopic (exact) mass is 260 g/mol. The predicted molar refractivity (Wildman–Crippen MR) is 72.0 cm³/mol. The molecule has 1 heterocycles. The fourth-order valence-corrected chi connectivity index (χ4v) is 1.65. The highest BCUT2D eigenvalue weighted by Gasteiger charge is 2.03. The van der Waals surface area contributed by atoms with Crippen molar-refractivity contribution in [2.45, 2.75) is 6.42 Å². The summed E-state index contributed by atoms with van der Waals surface area (Å²) in [7, 11) is 0. The first-order chi connectivity index (χ1) is 9.29. The zero-order chi connectivity index (χ0) is 13.5. The van der Waals surface area contributed by atoms with Gasteiger partial charge in [0.15, 0.2) is 6.61 Å². The second kappa shape index (κ2) is 6.70. The molecule has 5 heteroatoms. The number of hydrogen-bond donors (Lipinski definition) is 2. The van der Waals surface area contributed by atoms with Gasteiger partial charge >= 0.3 is 0 Å². The van der Waals surface area contributed by atoms with E-state index in [9.17, 15) is 4.79 Å². The number of carbonyl (C=O) groups excluding carboxylic acids is 1. The van der Waals surface area contributed by atoms with Gasteiger partial charge in [-0.3, -0.25) is 9.78 Å². The molecule has 19 heavy (non-hydrogen) atoms. The zero-order valence-electron chi connectivity index (χ0n) is 10.5. The van der Waals surface area contributed by atoms with Crippen LogP contribution in [0.4, 0.5) is 0 Å². The number of pyridine rings is 1. The van der Waals surface area contributed by atoms with E-state index in [0.29, 0.717) is 18.7 Å². The van der Waals surface area contributed by atoms with Crippen LogP contribution in [0.15, 0.2) is 36.5 Å². The number of carbonyl (C=O) groups is 1. The summed E-state index contributed by atoms with van der Waals surface area (Å²) in [6.45, 7) is 0.496. The quantitative estimate of drug-likeness (QED) is 0.763.